The van der Waals surface area contributed by atoms with Crippen LogP contribution in [0.25, 0.3) is 0 Å². The van der Waals surface area contributed by atoms with E-state index in [0.717, 1.165) is 24.4 Å². The SMILES string of the molecule is O=C(NCC(c1ccc(OCc2ccccc2)cc1)N1CCCCC1)c1cscn1. The molecule has 6 heteroatoms. The zero-order valence-corrected chi connectivity index (χ0v) is 17.8. The van der Waals surface area contributed by atoms with Crippen molar-refractivity contribution in [2.24, 2.45) is 0 Å². The Morgan fingerprint density at radius 1 is 1.07 bits per heavy atom. The Morgan fingerprint density at radius 2 is 1.83 bits per heavy atom. The van der Waals surface area contributed by atoms with Crippen molar-refractivity contribution in [2.45, 2.75) is 31.9 Å². The van der Waals surface area contributed by atoms with Crippen molar-refractivity contribution in [3.63, 3.8) is 0 Å². The number of nitrogens with one attached hydrogen (secondary N) is 1. The molecule has 1 saturated heterocycles. The fourth-order valence-electron chi connectivity index (χ4n) is 3.82. The molecule has 30 heavy (non-hydrogen) atoms. The van der Waals surface area contributed by atoms with Crippen molar-refractivity contribution < 1.29 is 9.53 Å². The molecule has 1 aliphatic heterocycles. The van der Waals surface area contributed by atoms with Gasteiger partial charge in [0.2, 0.25) is 0 Å². The summed E-state index contributed by atoms with van der Waals surface area (Å²) < 4.78 is 5.93. The van der Waals surface area contributed by atoms with Gasteiger partial charge in [0.25, 0.3) is 5.91 Å². The van der Waals surface area contributed by atoms with Gasteiger partial charge >= 0.3 is 0 Å². The molecule has 1 amide bonds. The molecule has 2 aromatic carbocycles. The van der Waals surface area contributed by atoms with Gasteiger partial charge in [-0.25, -0.2) is 4.98 Å². The summed E-state index contributed by atoms with van der Waals surface area (Å²) in [6.07, 6.45) is 3.68. The van der Waals surface area contributed by atoms with Crippen LogP contribution in [0.4, 0.5) is 0 Å². The van der Waals surface area contributed by atoms with Gasteiger partial charge in [-0.3, -0.25) is 9.69 Å². The van der Waals surface area contributed by atoms with Crippen LogP contribution < -0.4 is 10.1 Å². The maximum absolute atomic E-state index is 12.4. The topological polar surface area (TPSA) is 54.5 Å². The summed E-state index contributed by atoms with van der Waals surface area (Å²) in [5.74, 6) is 0.743. The number of nitrogens with zero attached hydrogens (tertiary/aromatic N) is 2. The smallest absolute Gasteiger partial charge is 0.270 e. The van der Waals surface area contributed by atoms with Gasteiger partial charge in [-0.05, 0) is 49.2 Å². The maximum Gasteiger partial charge on any atom is 0.270 e. The Hall–Kier alpha value is -2.70. The number of thiazole rings is 1. The second-order valence-electron chi connectivity index (χ2n) is 7.54. The summed E-state index contributed by atoms with van der Waals surface area (Å²) in [5, 5.41) is 4.86. The number of piperidine rings is 1. The molecule has 1 aliphatic rings. The zero-order chi connectivity index (χ0) is 20.6. The van der Waals surface area contributed by atoms with Crippen molar-refractivity contribution in [1.82, 2.24) is 15.2 Å². The van der Waals surface area contributed by atoms with Crippen molar-refractivity contribution in [3.05, 3.63) is 82.3 Å². The van der Waals surface area contributed by atoms with E-state index in [1.54, 1.807) is 10.9 Å². The third kappa shape index (κ3) is 5.46. The molecule has 1 atom stereocenters. The number of carbonyl (C=O) groups is 1. The second kappa shape index (κ2) is 10.4. The molecular formula is C24H27N3O2S. The van der Waals surface area contributed by atoms with Crippen LogP contribution in [-0.2, 0) is 6.61 Å². The summed E-state index contributed by atoms with van der Waals surface area (Å²) >= 11 is 1.43. The van der Waals surface area contributed by atoms with E-state index in [0.29, 0.717) is 18.8 Å². The van der Waals surface area contributed by atoms with Gasteiger partial charge in [0.05, 0.1) is 11.6 Å². The van der Waals surface area contributed by atoms with Crippen LogP contribution in [0.1, 0.15) is 46.9 Å². The predicted octanol–water partition coefficient (Wildman–Crippen LogP) is 4.68. The summed E-state index contributed by atoms with van der Waals surface area (Å²) in [4.78, 5) is 19.0. The number of aromatic nitrogens is 1. The Labute approximate surface area is 181 Å². The minimum atomic E-state index is -0.110. The first kappa shape index (κ1) is 20.6. The first-order valence-corrected chi connectivity index (χ1v) is 11.4. The minimum absolute atomic E-state index is 0.110. The quantitative estimate of drug-likeness (QED) is 0.574. The number of amides is 1. The number of hydrogen-bond donors (Lipinski definition) is 1. The van der Waals surface area contributed by atoms with Gasteiger partial charge in [-0.15, -0.1) is 11.3 Å². The number of carbonyl (C=O) groups excluding carboxylic acids is 1. The highest BCUT2D eigenvalue weighted by atomic mass is 32.1. The Morgan fingerprint density at radius 3 is 2.53 bits per heavy atom. The third-order valence-corrected chi connectivity index (χ3v) is 6.05. The van der Waals surface area contributed by atoms with Gasteiger partial charge in [0.15, 0.2) is 0 Å². The molecule has 1 unspecified atom stereocenters. The molecule has 156 valence electrons. The molecule has 0 spiro atoms. The predicted molar refractivity (Wildman–Crippen MR) is 120 cm³/mol. The molecule has 5 nitrogen and oxygen atoms in total. The van der Waals surface area contributed by atoms with Gasteiger partial charge in [0, 0.05) is 11.9 Å². The average molecular weight is 422 g/mol. The number of hydrogen-bond acceptors (Lipinski definition) is 5. The summed E-state index contributed by atoms with van der Waals surface area (Å²) in [6, 6.07) is 18.6. The summed E-state index contributed by atoms with van der Waals surface area (Å²) in [5.41, 5.74) is 4.52. The highest BCUT2D eigenvalue weighted by Gasteiger charge is 2.23. The van der Waals surface area contributed by atoms with E-state index in [9.17, 15) is 4.79 Å². The molecule has 1 fully saturated rings. The minimum Gasteiger partial charge on any atom is -0.489 e. The van der Waals surface area contributed by atoms with Crippen LogP contribution in [-0.4, -0.2) is 35.4 Å². The van der Waals surface area contributed by atoms with Crippen LogP contribution in [0, 0.1) is 0 Å². The van der Waals surface area contributed by atoms with Gasteiger partial charge in [0.1, 0.15) is 18.1 Å². The molecule has 2 heterocycles. The van der Waals surface area contributed by atoms with Crippen molar-refractivity contribution >= 4 is 17.2 Å². The second-order valence-corrected chi connectivity index (χ2v) is 8.26. The molecule has 0 saturated carbocycles. The Balaban J connectivity index is 1.42. The van der Waals surface area contributed by atoms with Crippen molar-refractivity contribution in [2.75, 3.05) is 19.6 Å². The summed E-state index contributed by atoms with van der Waals surface area (Å²) in [6.45, 7) is 3.24. The molecule has 1 aromatic heterocycles. The standard InChI is InChI=1S/C24H27N3O2S/c28-24(22-17-30-18-26-22)25-15-23(27-13-5-2-6-14-27)20-9-11-21(12-10-20)29-16-19-7-3-1-4-8-19/h1,3-4,7-12,17-18,23H,2,5-6,13-16H2,(H,25,28). The van der Waals surface area contributed by atoms with Gasteiger partial charge < -0.3 is 10.1 Å². The molecule has 4 rings (SSSR count). The molecule has 1 N–H and O–H groups in total. The largest absolute Gasteiger partial charge is 0.489 e. The Kier molecular flexibility index (Phi) is 7.11. The van der Waals surface area contributed by atoms with Crippen molar-refractivity contribution in [3.8, 4) is 5.75 Å². The normalized spacial score (nSPS) is 15.5. The summed E-state index contributed by atoms with van der Waals surface area (Å²) in [7, 11) is 0. The van der Waals surface area contributed by atoms with Gasteiger partial charge in [-0.2, -0.15) is 0 Å². The van der Waals surface area contributed by atoms with E-state index < -0.39 is 0 Å². The molecule has 0 radical (unpaired) electrons. The number of likely N-dealkylation sites (tertiary alicyclic amines) is 1. The number of rotatable bonds is 8. The average Bonchev–Trinajstić information content (AvgIpc) is 3.35. The van der Waals surface area contributed by atoms with Crippen LogP contribution in [0.2, 0.25) is 0 Å². The fraction of sp³-hybridized carbons (Fsp3) is 0.333. The van der Waals surface area contributed by atoms with E-state index in [1.807, 2.05) is 30.3 Å². The Bertz CT molecular complexity index is 907. The van der Waals surface area contributed by atoms with Crippen LogP contribution >= 0.6 is 11.3 Å². The lowest BCUT2D eigenvalue weighted by atomic mass is 10.0. The number of benzene rings is 2. The zero-order valence-electron chi connectivity index (χ0n) is 17.0. The van der Waals surface area contributed by atoms with E-state index >= 15 is 0 Å². The molecule has 0 aliphatic carbocycles. The molecule has 0 bridgehead atoms. The third-order valence-electron chi connectivity index (χ3n) is 5.47. The van der Waals surface area contributed by atoms with E-state index in [4.69, 9.17) is 4.74 Å². The first-order valence-electron chi connectivity index (χ1n) is 10.5. The van der Waals surface area contributed by atoms with E-state index in [2.05, 4.69) is 39.5 Å². The van der Waals surface area contributed by atoms with Crippen LogP contribution in [0.3, 0.4) is 0 Å². The van der Waals surface area contributed by atoms with Crippen LogP contribution in [0.15, 0.2) is 65.5 Å². The van der Waals surface area contributed by atoms with E-state index in [-0.39, 0.29) is 11.9 Å². The molecular weight excluding hydrogens is 394 g/mol. The van der Waals surface area contributed by atoms with E-state index in [1.165, 1.54) is 36.2 Å². The van der Waals surface area contributed by atoms with Gasteiger partial charge in [-0.1, -0.05) is 48.9 Å². The lowest BCUT2D eigenvalue weighted by Crippen LogP contribution is -2.40. The van der Waals surface area contributed by atoms with Crippen molar-refractivity contribution in [1.29, 1.82) is 0 Å². The lowest BCUT2D eigenvalue weighted by Gasteiger charge is -2.35. The number of ether oxygens (including phenoxy) is 1. The monoisotopic (exact) mass is 421 g/mol. The van der Waals surface area contributed by atoms with Crippen LogP contribution in [0.5, 0.6) is 5.75 Å². The first-order chi connectivity index (χ1) is 14.8. The lowest BCUT2D eigenvalue weighted by molar-refractivity contribution is 0.0920. The maximum atomic E-state index is 12.4. The highest BCUT2D eigenvalue weighted by molar-refractivity contribution is 7.07. The molecule has 3 aromatic rings. The fourth-order valence-corrected chi connectivity index (χ4v) is 4.35. The highest BCUT2D eigenvalue weighted by Crippen LogP contribution is 2.26.